The van der Waals surface area contributed by atoms with E-state index in [1.807, 2.05) is 35.2 Å². The zero-order valence-electron chi connectivity index (χ0n) is 25.0. The number of carbonyl (C=O) groups is 2. The van der Waals surface area contributed by atoms with Crippen LogP contribution in [0, 0.1) is 12.8 Å². The van der Waals surface area contributed by atoms with Gasteiger partial charge in [0.1, 0.15) is 54.5 Å². The predicted octanol–water partition coefficient (Wildman–Crippen LogP) is 6.49. The number of nitrogens with zero attached hydrogens (tertiary/aromatic N) is 6. The van der Waals surface area contributed by atoms with Crippen LogP contribution in [0.3, 0.4) is 0 Å². The summed E-state index contributed by atoms with van der Waals surface area (Å²) in [6.07, 6.45) is -0.148. The number of rotatable bonds is 11. The molecule has 0 aromatic carbocycles. The molecule has 6 heterocycles. The maximum Gasteiger partial charge on any atom is 0.271 e. The molecule has 2 atom stereocenters. The largest absolute Gasteiger partial charge is 0.391 e. The number of nitrogens with two attached hydrogens (primary N) is 1. The van der Waals surface area contributed by atoms with Gasteiger partial charge in [0.05, 0.1) is 16.8 Å². The predicted molar refractivity (Wildman–Crippen MR) is 184 cm³/mol. The van der Waals surface area contributed by atoms with E-state index >= 15 is 0 Å². The molecule has 6 aromatic rings. The van der Waals surface area contributed by atoms with Crippen molar-refractivity contribution < 1.29 is 14.7 Å². The normalized spacial score (nSPS) is 12.8. The molecule has 6 aromatic heterocycles. The first-order valence-corrected chi connectivity index (χ1v) is 18.5. The molecule has 0 radical (unpaired) electrons. The van der Waals surface area contributed by atoms with Crippen molar-refractivity contribution in [3.8, 4) is 43.4 Å². The molecule has 0 bridgehead atoms. The number of nitrogens with one attached hydrogen (secondary N) is 1. The van der Waals surface area contributed by atoms with Crippen molar-refractivity contribution in [1.82, 2.24) is 35.2 Å². The Hall–Kier alpha value is -3.80. The van der Waals surface area contributed by atoms with E-state index in [1.54, 1.807) is 17.7 Å². The van der Waals surface area contributed by atoms with Gasteiger partial charge in [-0.1, -0.05) is 13.8 Å². The van der Waals surface area contributed by atoms with Gasteiger partial charge in [-0.25, -0.2) is 29.9 Å². The Morgan fingerprint density at radius 1 is 0.783 bits per heavy atom. The summed E-state index contributed by atoms with van der Waals surface area (Å²) in [4.78, 5) is 53.0. The molecule has 0 aliphatic heterocycles. The van der Waals surface area contributed by atoms with Gasteiger partial charge in [0.25, 0.3) is 11.8 Å². The Morgan fingerprint density at radius 2 is 1.50 bits per heavy atom. The Balaban J connectivity index is 1.35. The summed E-state index contributed by atoms with van der Waals surface area (Å²) in [5, 5.41) is 26.2. The Kier molecular flexibility index (Phi) is 9.44. The standard InChI is InChI=1S/C30H28N8O3S5/c1-13(2)7-22-33-20(11-42-22)26(41)38-23(15(4)39)30-35-18(9-46-30)24-16(27-36-19(10-44-27)25(31)40)5-6-17(34-24)28-37-21(12-45-28)29-32-14(3)8-43-29/h5-6,8-13,15,23,39H,7H2,1-4H3,(H2,31,40)(H,38,41)/t15-,23+/m1/s1. The van der Waals surface area contributed by atoms with Crippen molar-refractivity contribution in [2.75, 3.05) is 0 Å². The van der Waals surface area contributed by atoms with E-state index in [0.717, 1.165) is 27.8 Å². The second-order valence-corrected chi connectivity index (χ2v) is 15.2. The quantitative estimate of drug-likeness (QED) is 0.136. The molecule has 236 valence electrons. The molecule has 16 heteroatoms. The van der Waals surface area contributed by atoms with E-state index < -0.39 is 18.1 Å². The number of amides is 2. The molecule has 11 nitrogen and oxygen atoms in total. The highest BCUT2D eigenvalue weighted by molar-refractivity contribution is 7.15. The van der Waals surface area contributed by atoms with Crippen LogP contribution in [0.1, 0.15) is 63.5 Å². The molecule has 0 unspecified atom stereocenters. The first-order chi connectivity index (χ1) is 22.0. The molecule has 0 spiro atoms. The van der Waals surface area contributed by atoms with Crippen molar-refractivity contribution in [3.63, 3.8) is 0 Å². The van der Waals surface area contributed by atoms with Crippen LogP contribution in [0.2, 0.25) is 0 Å². The van der Waals surface area contributed by atoms with Gasteiger partial charge in [0, 0.05) is 44.6 Å². The number of aryl methyl sites for hydroxylation is 1. The number of aromatic nitrogens is 6. The molecule has 0 saturated carbocycles. The van der Waals surface area contributed by atoms with Crippen LogP contribution in [0.5, 0.6) is 0 Å². The highest BCUT2D eigenvalue weighted by atomic mass is 32.1. The Morgan fingerprint density at radius 3 is 2.20 bits per heavy atom. The average molecular weight is 709 g/mol. The molecule has 6 rings (SSSR count). The summed E-state index contributed by atoms with van der Waals surface area (Å²) in [7, 11) is 0. The van der Waals surface area contributed by atoms with Crippen LogP contribution in [0.4, 0.5) is 0 Å². The lowest BCUT2D eigenvalue weighted by Crippen LogP contribution is -2.35. The number of hydrogen-bond donors (Lipinski definition) is 3. The summed E-state index contributed by atoms with van der Waals surface area (Å²) in [5.74, 6) is -0.583. The number of carbonyl (C=O) groups excluding carboxylic acids is 2. The summed E-state index contributed by atoms with van der Waals surface area (Å²) < 4.78 is 0. The number of aliphatic hydroxyl groups excluding tert-OH is 1. The average Bonchev–Trinajstić information content (AvgIpc) is 3.85. The van der Waals surface area contributed by atoms with Crippen molar-refractivity contribution in [2.45, 2.75) is 46.3 Å². The lowest BCUT2D eigenvalue weighted by atomic mass is 10.1. The lowest BCUT2D eigenvalue weighted by molar-refractivity contribution is 0.0853. The van der Waals surface area contributed by atoms with Crippen LogP contribution in [-0.2, 0) is 6.42 Å². The van der Waals surface area contributed by atoms with E-state index in [4.69, 9.17) is 20.7 Å². The zero-order valence-corrected chi connectivity index (χ0v) is 29.1. The Labute approximate surface area is 284 Å². The smallest absolute Gasteiger partial charge is 0.271 e. The van der Waals surface area contributed by atoms with Gasteiger partial charge in [0.2, 0.25) is 0 Å². The van der Waals surface area contributed by atoms with Gasteiger partial charge in [-0.3, -0.25) is 9.59 Å². The van der Waals surface area contributed by atoms with Gasteiger partial charge < -0.3 is 16.2 Å². The first kappa shape index (κ1) is 32.2. The molecule has 0 fully saturated rings. The minimum atomic E-state index is -0.934. The van der Waals surface area contributed by atoms with Crippen LogP contribution < -0.4 is 11.1 Å². The third kappa shape index (κ3) is 6.96. The van der Waals surface area contributed by atoms with Crippen LogP contribution >= 0.6 is 56.7 Å². The van der Waals surface area contributed by atoms with Gasteiger partial charge in [0.15, 0.2) is 0 Å². The minimum absolute atomic E-state index is 0.160. The number of aliphatic hydroxyl groups is 1. The first-order valence-electron chi connectivity index (χ1n) is 14.1. The zero-order chi connectivity index (χ0) is 32.5. The van der Waals surface area contributed by atoms with Crippen molar-refractivity contribution in [2.24, 2.45) is 11.7 Å². The van der Waals surface area contributed by atoms with E-state index in [-0.39, 0.29) is 11.6 Å². The SMILES string of the molecule is Cc1csc(-c2csc(-c3ccc(-c4nc(C(N)=O)cs4)c(-c4csc([C@@H](NC(=O)c5csc(CC(C)C)n5)[C@@H](C)O)n4)n3)n2)n1. The molecule has 2 amide bonds. The maximum absolute atomic E-state index is 13.1. The fraction of sp³-hybridized carbons (Fsp3) is 0.267. The molecule has 0 aliphatic rings. The molecule has 0 saturated heterocycles. The summed E-state index contributed by atoms with van der Waals surface area (Å²) >= 11 is 7.01. The number of thiazole rings is 5. The number of pyridine rings is 1. The second kappa shape index (κ2) is 13.5. The van der Waals surface area contributed by atoms with Gasteiger partial charge in [-0.05, 0) is 31.9 Å². The van der Waals surface area contributed by atoms with Gasteiger partial charge in [-0.2, -0.15) is 0 Å². The van der Waals surface area contributed by atoms with E-state index in [1.165, 1.54) is 56.7 Å². The van der Waals surface area contributed by atoms with Crippen molar-refractivity contribution in [1.29, 1.82) is 0 Å². The van der Waals surface area contributed by atoms with E-state index in [2.05, 4.69) is 34.1 Å². The summed E-state index contributed by atoms with van der Waals surface area (Å²) in [5.41, 5.74) is 9.99. The maximum atomic E-state index is 13.1. The van der Waals surface area contributed by atoms with Crippen LogP contribution in [0.15, 0.2) is 39.0 Å². The lowest BCUT2D eigenvalue weighted by Gasteiger charge is -2.18. The van der Waals surface area contributed by atoms with Gasteiger partial charge >= 0.3 is 0 Å². The second-order valence-electron chi connectivity index (χ2n) is 10.8. The monoisotopic (exact) mass is 708 g/mol. The fourth-order valence-corrected chi connectivity index (χ4v) is 8.80. The third-order valence-corrected chi connectivity index (χ3v) is 11.1. The van der Waals surface area contributed by atoms with Gasteiger partial charge in [-0.15, -0.1) is 56.7 Å². The summed E-state index contributed by atoms with van der Waals surface area (Å²) in [6.45, 7) is 7.75. The molecular weight excluding hydrogens is 681 g/mol. The highest BCUT2D eigenvalue weighted by Gasteiger charge is 2.27. The highest BCUT2D eigenvalue weighted by Crippen LogP contribution is 2.38. The number of hydrogen-bond acceptors (Lipinski definition) is 14. The molecule has 4 N–H and O–H groups in total. The topological polar surface area (TPSA) is 170 Å². The molecule has 0 aliphatic carbocycles. The van der Waals surface area contributed by atoms with Crippen LogP contribution in [-0.4, -0.2) is 52.9 Å². The van der Waals surface area contributed by atoms with Crippen molar-refractivity contribution >= 4 is 68.5 Å². The molecule has 46 heavy (non-hydrogen) atoms. The van der Waals surface area contributed by atoms with E-state index in [0.29, 0.717) is 49.3 Å². The molecular formula is C30H28N8O3S5. The fourth-order valence-electron chi connectivity index (χ4n) is 4.42. The minimum Gasteiger partial charge on any atom is -0.391 e. The van der Waals surface area contributed by atoms with Crippen LogP contribution in [0.25, 0.3) is 43.4 Å². The third-order valence-electron chi connectivity index (χ3n) is 6.61. The number of primary amides is 1. The van der Waals surface area contributed by atoms with E-state index in [9.17, 15) is 14.7 Å². The summed E-state index contributed by atoms with van der Waals surface area (Å²) in [6, 6.07) is 2.95. The van der Waals surface area contributed by atoms with Crippen molar-refractivity contribution in [3.05, 3.63) is 66.1 Å². The Bertz CT molecular complexity index is 2020.